The number of amides is 1. The number of hydrogen-bond acceptors (Lipinski definition) is 7. The molecule has 0 radical (unpaired) electrons. The van der Waals surface area contributed by atoms with E-state index >= 15 is 0 Å². The summed E-state index contributed by atoms with van der Waals surface area (Å²) in [4.78, 5) is 27.4. The van der Waals surface area contributed by atoms with Crippen molar-refractivity contribution in [3.05, 3.63) is 53.4 Å². The zero-order valence-corrected chi connectivity index (χ0v) is 20.3. The zero-order chi connectivity index (χ0) is 23.6. The molecule has 0 saturated heterocycles. The number of aromatic nitrogens is 4. The summed E-state index contributed by atoms with van der Waals surface area (Å²) in [6.07, 6.45) is 5.83. The van der Waals surface area contributed by atoms with E-state index in [-0.39, 0.29) is 0 Å². The van der Waals surface area contributed by atoms with Crippen LogP contribution in [0.4, 0.5) is 16.3 Å². The Hall–Kier alpha value is -3.46. The molecule has 0 aliphatic heterocycles. The van der Waals surface area contributed by atoms with E-state index in [1.54, 1.807) is 23.9 Å². The summed E-state index contributed by atoms with van der Waals surface area (Å²) in [5.74, 6) is 0.752. The number of rotatable bonds is 6. The topological polar surface area (TPSA) is 94.0 Å². The van der Waals surface area contributed by atoms with Crippen molar-refractivity contribution in [3.8, 4) is 10.6 Å². The van der Waals surface area contributed by atoms with Crippen molar-refractivity contribution in [2.45, 2.75) is 46.3 Å². The highest BCUT2D eigenvalue weighted by atomic mass is 32.1. The Balaban J connectivity index is 1.47. The van der Waals surface area contributed by atoms with E-state index in [0.29, 0.717) is 6.54 Å². The molecule has 1 amide bonds. The van der Waals surface area contributed by atoms with Crippen molar-refractivity contribution in [1.82, 2.24) is 24.8 Å². The molecular formula is C24H28N6O2S. The first-order valence-electron chi connectivity index (χ1n) is 10.8. The predicted octanol–water partition coefficient (Wildman–Crippen LogP) is 5.42. The third-order valence-electron chi connectivity index (χ3n) is 4.97. The summed E-state index contributed by atoms with van der Waals surface area (Å²) < 4.78 is 7.26. The number of pyridine rings is 2. The number of imidazole rings is 1. The van der Waals surface area contributed by atoms with Gasteiger partial charge in [-0.2, -0.15) is 0 Å². The summed E-state index contributed by atoms with van der Waals surface area (Å²) in [5.41, 5.74) is 4.34. The molecule has 4 aromatic heterocycles. The van der Waals surface area contributed by atoms with Crippen LogP contribution in [-0.2, 0) is 24.8 Å². The van der Waals surface area contributed by atoms with Crippen LogP contribution < -0.4 is 10.6 Å². The number of nitrogens with one attached hydrogen (secondary N) is 2. The molecule has 4 heterocycles. The quantitative estimate of drug-likeness (QED) is 0.396. The van der Waals surface area contributed by atoms with E-state index < -0.39 is 11.7 Å². The number of nitrogens with zero attached hydrogens (tertiary/aromatic N) is 4. The van der Waals surface area contributed by atoms with Gasteiger partial charge in [-0.05, 0) is 51.0 Å². The van der Waals surface area contributed by atoms with E-state index in [1.165, 1.54) is 0 Å². The van der Waals surface area contributed by atoms with Crippen LogP contribution in [0, 0.1) is 0 Å². The van der Waals surface area contributed by atoms with E-state index in [4.69, 9.17) is 4.74 Å². The third kappa shape index (κ3) is 5.48. The zero-order valence-electron chi connectivity index (χ0n) is 19.5. The van der Waals surface area contributed by atoms with Crippen LogP contribution in [-0.4, -0.2) is 31.2 Å². The van der Waals surface area contributed by atoms with E-state index in [9.17, 15) is 4.79 Å². The lowest BCUT2D eigenvalue weighted by atomic mass is 10.1. The molecule has 0 atom stereocenters. The largest absolute Gasteiger partial charge is 0.444 e. The highest BCUT2D eigenvalue weighted by Gasteiger charge is 2.16. The Morgan fingerprint density at radius 2 is 1.97 bits per heavy atom. The Bertz CT molecular complexity index is 1290. The second-order valence-corrected chi connectivity index (χ2v) is 9.91. The summed E-state index contributed by atoms with van der Waals surface area (Å²) >= 11 is 1.60. The standard InChI is InChI=1S/C24H28N6O2S/c1-6-15-9-17(21-8-7-16(33-21)11-27-23(31)32-24(2,3)4)25-12-18(15)29-22-10-20-19(13-26-22)28-14-30(20)5/h7-10,12-14H,6,11H2,1-5H3,(H,26,29)(H,27,31). The molecule has 4 aromatic rings. The molecule has 2 N–H and O–H groups in total. The molecule has 0 fully saturated rings. The second kappa shape index (κ2) is 9.19. The predicted molar refractivity (Wildman–Crippen MR) is 132 cm³/mol. The minimum atomic E-state index is -0.514. The van der Waals surface area contributed by atoms with Gasteiger partial charge in [-0.25, -0.2) is 14.8 Å². The smallest absolute Gasteiger partial charge is 0.407 e. The Morgan fingerprint density at radius 3 is 2.73 bits per heavy atom. The number of alkyl carbamates (subject to hydrolysis) is 1. The van der Waals surface area contributed by atoms with E-state index in [1.807, 2.05) is 56.8 Å². The average Bonchev–Trinajstić information content (AvgIpc) is 3.38. The molecule has 0 aliphatic carbocycles. The summed E-state index contributed by atoms with van der Waals surface area (Å²) in [5, 5.41) is 6.19. The lowest BCUT2D eigenvalue weighted by Crippen LogP contribution is -2.31. The monoisotopic (exact) mass is 464 g/mol. The molecule has 33 heavy (non-hydrogen) atoms. The van der Waals surface area contributed by atoms with Gasteiger partial charge in [-0.1, -0.05) is 6.92 Å². The van der Waals surface area contributed by atoms with Gasteiger partial charge < -0.3 is 19.9 Å². The van der Waals surface area contributed by atoms with Crippen molar-refractivity contribution in [3.63, 3.8) is 0 Å². The molecule has 172 valence electrons. The van der Waals surface area contributed by atoms with Crippen LogP contribution in [0.2, 0.25) is 0 Å². The molecule has 4 rings (SSSR count). The Morgan fingerprint density at radius 1 is 1.15 bits per heavy atom. The summed E-state index contributed by atoms with van der Waals surface area (Å²) in [6.45, 7) is 8.07. The molecule has 0 spiro atoms. The van der Waals surface area contributed by atoms with Crippen molar-refractivity contribution < 1.29 is 9.53 Å². The van der Waals surface area contributed by atoms with Gasteiger partial charge in [0.1, 0.15) is 16.9 Å². The molecule has 0 bridgehead atoms. The number of thiophene rings is 1. The van der Waals surface area contributed by atoms with Crippen LogP contribution in [0.15, 0.2) is 43.0 Å². The minimum Gasteiger partial charge on any atom is -0.444 e. The number of carbonyl (C=O) groups excluding carboxylic acids is 1. The fourth-order valence-electron chi connectivity index (χ4n) is 3.36. The summed E-state index contributed by atoms with van der Waals surface area (Å²) in [7, 11) is 1.96. The number of fused-ring (bicyclic) bond motifs is 1. The highest BCUT2D eigenvalue weighted by molar-refractivity contribution is 7.15. The fraction of sp³-hybridized carbons (Fsp3) is 0.333. The maximum Gasteiger partial charge on any atom is 0.407 e. The maximum atomic E-state index is 11.9. The fourth-order valence-corrected chi connectivity index (χ4v) is 4.27. The van der Waals surface area contributed by atoms with Crippen molar-refractivity contribution >= 4 is 40.0 Å². The molecule has 9 heteroatoms. The maximum absolute atomic E-state index is 11.9. The van der Waals surface area contributed by atoms with Gasteiger partial charge in [0, 0.05) is 18.0 Å². The number of hydrogen-bond donors (Lipinski definition) is 2. The van der Waals surface area contributed by atoms with Crippen LogP contribution in [0.5, 0.6) is 0 Å². The SMILES string of the molecule is CCc1cc(-c2ccc(CNC(=O)OC(C)(C)C)s2)ncc1Nc1cc2c(cn1)ncn2C. The van der Waals surface area contributed by atoms with Crippen LogP contribution in [0.25, 0.3) is 21.6 Å². The second-order valence-electron chi connectivity index (χ2n) is 8.74. The van der Waals surface area contributed by atoms with Gasteiger partial charge in [-0.15, -0.1) is 11.3 Å². The van der Waals surface area contributed by atoms with Crippen LogP contribution >= 0.6 is 11.3 Å². The summed E-state index contributed by atoms with van der Waals surface area (Å²) in [6, 6.07) is 8.12. The first-order chi connectivity index (χ1) is 15.7. The van der Waals surface area contributed by atoms with Crippen LogP contribution in [0.1, 0.15) is 38.1 Å². The van der Waals surface area contributed by atoms with Crippen molar-refractivity contribution in [2.75, 3.05) is 5.32 Å². The molecule has 0 unspecified atom stereocenters. The van der Waals surface area contributed by atoms with Crippen molar-refractivity contribution in [1.29, 1.82) is 0 Å². The molecular weight excluding hydrogens is 436 g/mol. The average molecular weight is 465 g/mol. The van der Waals surface area contributed by atoms with Gasteiger partial charge >= 0.3 is 6.09 Å². The normalized spacial score (nSPS) is 11.5. The van der Waals surface area contributed by atoms with Gasteiger partial charge in [0.25, 0.3) is 0 Å². The third-order valence-corrected chi connectivity index (χ3v) is 6.07. The minimum absolute atomic E-state index is 0.419. The number of anilines is 2. The number of aryl methyl sites for hydroxylation is 2. The Labute approximate surface area is 197 Å². The molecule has 0 aromatic carbocycles. The molecule has 0 aliphatic rings. The van der Waals surface area contributed by atoms with Gasteiger partial charge in [-0.3, -0.25) is 4.98 Å². The van der Waals surface area contributed by atoms with E-state index in [2.05, 4.69) is 38.6 Å². The first-order valence-corrected chi connectivity index (χ1v) is 11.6. The van der Waals surface area contributed by atoms with Gasteiger partial charge in [0.15, 0.2) is 0 Å². The van der Waals surface area contributed by atoms with E-state index in [0.717, 1.165) is 50.0 Å². The highest BCUT2D eigenvalue weighted by Crippen LogP contribution is 2.30. The number of ether oxygens (including phenoxy) is 1. The first kappa shape index (κ1) is 22.7. The van der Waals surface area contributed by atoms with Gasteiger partial charge in [0.2, 0.25) is 0 Å². The lowest BCUT2D eigenvalue weighted by Gasteiger charge is -2.19. The van der Waals surface area contributed by atoms with Crippen molar-refractivity contribution in [2.24, 2.45) is 7.05 Å². The molecule has 8 nitrogen and oxygen atoms in total. The van der Waals surface area contributed by atoms with Crippen LogP contribution in [0.3, 0.4) is 0 Å². The lowest BCUT2D eigenvalue weighted by molar-refractivity contribution is 0.0524. The molecule has 0 saturated carbocycles. The Kier molecular flexibility index (Phi) is 6.33. The van der Waals surface area contributed by atoms with Gasteiger partial charge in [0.05, 0.1) is 47.0 Å². The number of carbonyl (C=O) groups is 1.